The van der Waals surface area contributed by atoms with Crippen LogP contribution in [0.2, 0.25) is 0 Å². The van der Waals surface area contributed by atoms with Crippen LogP contribution in [0.3, 0.4) is 0 Å². The number of carbonyl (C=O) groups is 1. The number of benzene rings is 1. The largest absolute Gasteiger partial charge is 0.496 e. The number of Topliss-reactive ketones (excluding diaryl/α,β-unsaturated/α-hetero) is 1. The second-order valence-electron chi connectivity index (χ2n) is 9.35. The second-order valence-corrected chi connectivity index (χ2v) is 10.5. The number of nitrogens with zero attached hydrogens (tertiary/aromatic N) is 3. The topological polar surface area (TPSA) is 64.4 Å². The molecule has 7 heteroatoms. The lowest BCUT2D eigenvalue weighted by atomic mass is 9.97. The lowest BCUT2D eigenvalue weighted by Gasteiger charge is -2.38. The fourth-order valence-corrected chi connectivity index (χ4v) is 5.46. The van der Waals surface area contributed by atoms with Gasteiger partial charge in [0.25, 0.3) is 0 Å². The number of rotatable bonds is 7. The maximum atomic E-state index is 12.7. The molecule has 1 aliphatic carbocycles. The Morgan fingerprint density at radius 1 is 1.24 bits per heavy atom. The first-order valence-electron chi connectivity index (χ1n) is 11.6. The zero-order chi connectivity index (χ0) is 23.3. The quantitative estimate of drug-likeness (QED) is 0.459. The number of fused-ring (bicyclic) bond motifs is 3. The summed E-state index contributed by atoms with van der Waals surface area (Å²) in [5.74, 6) is 1.42. The van der Waals surface area contributed by atoms with Gasteiger partial charge in [-0.25, -0.2) is 4.98 Å². The molecule has 0 saturated heterocycles. The number of hydrogen-bond acceptors (Lipinski definition) is 6. The van der Waals surface area contributed by atoms with E-state index in [1.165, 1.54) is 31.1 Å². The van der Waals surface area contributed by atoms with Crippen molar-refractivity contribution in [1.82, 2.24) is 9.66 Å². The number of carbonyl (C=O) groups excluding carboxylic acids is 1. The number of aromatic nitrogens is 2. The molecule has 3 aromatic rings. The fraction of sp³-hybridized carbons (Fsp3) is 0.423. The van der Waals surface area contributed by atoms with Crippen LogP contribution in [0.25, 0.3) is 21.8 Å². The average Bonchev–Trinajstić information content (AvgIpc) is 3.51. The van der Waals surface area contributed by atoms with Crippen molar-refractivity contribution in [3.63, 3.8) is 0 Å². The summed E-state index contributed by atoms with van der Waals surface area (Å²) in [5.41, 5.74) is 3.77. The third-order valence-corrected chi connectivity index (χ3v) is 7.69. The van der Waals surface area contributed by atoms with E-state index < -0.39 is 0 Å². The molecule has 1 fully saturated rings. The van der Waals surface area contributed by atoms with E-state index >= 15 is 0 Å². The van der Waals surface area contributed by atoms with Crippen molar-refractivity contribution in [2.24, 2.45) is 5.92 Å². The van der Waals surface area contributed by atoms with Crippen molar-refractivity contribution >= 4 is 17.1 Å². The minimum atomic E-state index is -0.256. The van der Waals surface area contributed by atoms with Crippen molar-refractivity contribution in [3.05, 3.63) is 56.8 Å². The highest BCUT2D eigenvalue weighted by molar-refractivity contribution is 7.15. The molecular weight excluding hydrogens is 434 g/mol. The second kappa shape index (κ2) is 8.45. The number of thiazole rings is 1. The summed E-state index contributed by atoms with van der Waals surface area (Å²) < 4.78 is 7.72. The molecule has 0 spiro atoms. The summed E-state index contributed by atoms with van der Waals surface area (Å²) in [7, 11) is 1.67. The molecule has 1 aliphatic heterocycles. The normalized spacial score (nSPS) is 14.9. The Bertz CT molecular complexity index is 1290. The maximum absolute atomic E-state index is 12.7. The maximum Gasteiger partial charge on any atom is 0.193 e. The van der Waals surface area contributed by atoms with Crippen LogP contribution < -0.4 is 15.2 Å². The number of pyridine rings is 1. The highest BCUT2D eigenvalue weighted by Gasteiger charge is 2.27. The molecule has 33 heavy (non-hydrogen) atoms. The van der Waals surface area contributed by atoms with Gasteiger partial charge >= 0.3 is 0 Å². The predicted molar refractivity (Wildman–Crippen MR) is 132 cm³/mol. The SMILES string of the molecule is COc1cc2c(cc1-c1ncc(CCC3CC3)s1)CN(C(C)C)n1cc(C(C)=O)c(=O)cc1-2. The zero-order valence-electron chi connectivity index (χ0n) is 19.6. The molecule has 3 heterocycles. The van der Waals surface area contributed by atoms with Gasteiger partial charge in [-0.1, -0.05) is 12.8 Å². The smallest absolute Gasteiger partial charge is 0.193 e. The van der Waals surface area contributed by atoms with Gasteiger partial charge in [0.2, 0.25) is 0 Å². The molecule has 2 aliphatic rings. The van der Waals surface area contributed by atoms with Crippen molar-refractivity contribution in [1.29, 1.82) is 0 Å². The molecule has 172 valence electrons. The van der Waals surface area contributed by atoms with E-state index in [0.29, 0.717) is 6.54 Å². The lowest BCUT2D eigenvalue weighted by Crippen LogP contribution is -2.44. The van der Waals surface area contributed by atoms with Crippen LogP contribution in [0.15, 0.2) is 35.4 Å². The molecule has 5 rings (SSSR count). The molecule has 0 radical (unpaired) electrons. The molecule has 0 amide bonds. The molecule has 0 bridgehead atoms. The van der Waals surface area contributed by atoms with Crippen molar-refractivity contribution in [2.45, 2.75) is 59.0 Å². The summed E-state index contributed by atoms with van der Waals surface area (Å²) in [4.78, 5) is 30.7. The van der Waals surface area contributed by atoms with Crippen LogP contribution in [0, 0.1) is 5.92 Å². The zero-order valence-corrected chi connectivity index (χ0v) is 20.4. The summed E-state index contributed by atoms with van der Waals surface area (Å²) in [6, 6.07) is 5.91. The van der Waals surface area contributed by atoms with E-state index in [9.17, 15) is 9.59 Å². The van der Waals surface area contributed by atoms with Gasteiger partial charge in [-0.15, -0.1) is 11.3 Å². The Hall–Kier alpha value is -2.93. The number of aryl methyl sites for hydroxylation is 1. The van der Waals surface area contributed by atoms with Gasteiger partial charge in [-0.3, -0.25) is 14.3 Å². The van der Waals surface area contributed by atoms with Crippen LogP contribution in [0.5, 0.6) is 5.75 Å². The Labute approximate surface area is 197 Å². The number of methoxy groups -OCH3 is 1. The molecule has 1 aromatic carbocycles. The monoisotopic (exact) mass is 463 g/mol. The van der Waals surface area contributed by atoms with Gasteiger partial charge in [0.15, 0.2) is 11.2 Å². The summed E-state index contributed by atoms with van der Waals surface area (Å²) in [6.45, 7) is 6.31. The van der Waals surface area contributed by atoms with E-state index in [1.54, 1.807) is 30.7 Å². The summed E-state index contributed by atoms with van der Waals surface area (Å²) in [5, 5.41) is 3.13. The van der Waals surface area contributed by atoms with Gasteiger partial charge in [0, 0.05) is 34.9 Å². The Morgan fingerprint density at radius 2 is 2.03 bits per heavy atom. The molecule has 2 aromatic heterocycles. The fourth-order valence-electron chi connectivity index (χ4n) is 4.51. The predicted octanol–water partition coefficient (Wildman–Crippen LogP) is 5.05. The Balaban J connectivity index is 1.60. The van der Waals surface area contributed by atoms with Gasteiger partial charge in [0.1, 0.15) is 10.8 Å². The Morgan fingerprint density at radius 3 is 2.70 bits per heavy atom. The molecule has 0 unspecified atom stereocenters. The van der Waals surface area contributed by atoms with Gasteiger partial charge in [-0.05, 0) is 57.2 Å². The van der Waals surface area contributed by atoms with Crippen LogP contribution in [0.1, 0.15) is 60.8 Å². The van der Waals surface area contributed by atoms with E-state index in [4.69, 9.17) is 9.72 Å². The van der Waals surface area contributed by atoms with E-state index in [-0.39, 0.29) is 22.8 Å². The van der Waals surface area contributed by atoms with E-state index in [2.05, 4.69) is 24.9 Å². The number of ether oxygens (including phenoxy) is 1. The van der Waals surface area contributed by atoms with Crippen LogP contribution in [0.4, 0.5) is 0 Å². The van der Waals surface area contributed by atoms with Gasteiger partial charge < -0.3 is 9.75 Å². The lowest BCUT2D eigenvalue weighted by molar-refractivity contribution is 0.101. The first-order chi connectivity index (χ1) is 15.9. The van der Waals surface area contributed by atoms with Crippen molar-refractivity contribution < 1.29 is 9.53 Å². The third kappa shape index (κ3) is 4.10. The van der Waals surface area contributed by atoms with Gasteiger partial charge in [0.05, 0.1) is 30.5 Å². The molecular formula is C26H29N3O3S. The van der Waals surface area contributed by atoms with E-state index in [1.807, 2.05) is 16.9 Å². The first-order valence-corrected chi connectivity index (χ1v) is 12.4. The molecule has 0 atom stereocenters. The molecule has 0 N–H and O–H groups in total. The minimum Gasteiger partial charge on any atom is -0.496 e. The molecule has 6 nitrogen and oxygen atoms in total. The summed E-state index contributed by atoms with van der Waals surface area (Å²) in [6.07, 6.45) is 8.76. The standard InChI is InChI=1S/C26H29N3O3S/c1-15(2)28-13-18-9-21(26-27-12-19(33-26)8-7-17-5-6-17)25(32-4)10-20(18)23-11-24(31)22(16(3)30)14-29(23)28/h9-12,14-15,17H,5-8,13H2,1-4H3. The average molecular weight is 464 g/mol. The van der Waals surface area contributed by atoms with Crippen molar-refractivity contribution in [3.8, 4) is 27.6 Å². The minimum absolute atomic E-state index is 0.179. The third-order valence-electron chi connectivity index (χ3n) is 6.60. The number of ketones is 1. The number of hydrogen-bond donors (Lipinski definition) is 0. The summed E-state index contributed by atoms with van der Waals surface area (Å²) >= 11 is 1.74. The van der Waals surface area contributed by atoms with E-state index in [0.717, 1.165) is 45.5 Å². The highest BCUT2D eigenvalue weighted by atomic mass is 32.1. The highest BCUT2D eigenvalue weighted by Crippen LogP contribution is 2.41. The Kier molecular flexibility index (Phi) is 5.60. The first kappa shape index (κ1) is 21.9. The van der Waals surface area contributed by atoms with Crippen LogP contribution in [-0.4, -0.2) is 28.6 Å². The van der Waals surface area contributed by atoms with Crippen LogP contribution in [-0.2, 0) is 13.0 Å². The molecule has 1 saturated carbocycles. The van der Waals surface area contributed by atoms with Gasteiger partial charge in [-0.2, -0.15) is 0 Å². The van der Waals surface area contributed by atoms with Crippen LogP contribution >= 0.6 is 11.3 Å². The van der Waals surface area contributed by atoms with Crippen molar-refractivity contribution in [2.75, 3.05) is 12.1 Å².